The number of carbonyl (C=O) groups is 1. The van der Waals surface area contributed by atoms with Crippen LogP contribution in [0.3, 0.4) is 0 Å². The van der Waals surface area contributed by atoms with E-state index in [0.717, 1.165) is 37.8 Å². The van der Waals surface area contributed by atoms with E-state index in [0.29, 0.717) is 24.2 Å². The smallest absolute Gasteiger partial charge is 0.270 e. The van der Waals surface area contributed by atoms with E-state index in [9.17, 15) is 9.18 Å². The van der Waals surface area contributed by atoms with Gasteiger partial charge in [0.2, 0.25) is 0 Å². The first-order valence-corrected chi connectivity index (χ1v) is 8.86. The van der Waals surface area contributed by atoms with Gasteiger partial charge in [0.25, 0.3) is 5.91 Å². The van der Waals surface area contributed by atoms with Crippen LogP contribution < -0.4 is 0 Å². The van der Waals surface area contributed by atoms with E-state index in [4.69, 9.17) is 9.47 Å². The number of rotatable bonds is 2. The minimum atomic E-state index is -0.300. The number of aromatic amines is 1. The molecule has 0 saturated carbocycles. The Bertz CT molecular complexity index is 780. The number of nitrogens with zero attached hydrogens (tertiary/aromatic N) is 1. The molecule has 1 spiro atoms. The summed E-state index contributed by atoms with van der Waals surface area (Å²) in [7, 11) is 1.74. The number of nitrogens with one attached hydrogen (secondary N) is 1. The zero-order valence-electron chi connectivity index (χ0n) is 14.4. The van der Waals surface area contributed by atoms with Gasteiger partial charge in [0.1, 0.15) is 11.5 Å². The van der Waals surface area contributed by atoms with Crippen molar-refractivity contribution >= 4 is 16.8 Å². The Morgan fingerprint density at radius 3 is 2.92 bits per heavy atom. The van der Waals surface area contributed by atoms with E-state index >= 15 is 0 Å². The van der Waals surface area contributed by atoms with Gasteiger partial charge < -0.3 is 19.4 Å². The summed E-state index contributed by atoms with van der Waals surface area (Å²) in [6.07, 6.45) is 3.71. The van der Waals surface area contributed by atoms with Gasteiger partial charge in [-0.15, -0.1) is 0 Å². The molecule has 1 aromatic heterocycles. The topological polar surface area (TPSA) is 54.6 Å². The second-order valence-electron chi connectivity index (χ2n) is 6.99. The Morgan fingerprint density at radius 2 is 2.16 bits per heavy atom. The Balaban J connectivity index is 1.48. The van der Waals surface area contributed by atoms with Gasteiger partial charge in [0.15, 0.2) is 0 Å². The summed E-state index contributed by atoms with van der Waals surface area (Å²) >= 11 is 0. The van der Waals surface area contributed by atoms with Gasteiger partial charge in [0.05, 0.1) is 11.7 Å². The lowest BCUT2D eigenvalue weighted by Gasteiger charge is -2.47. The van der Waals surface area contributed by atoms with Gasteiger partial charge in [-0.25, -0.2) is 4.39 Å². The fourth-order valence-electron chi connectivity index (χ4n) is 4.18. The Kier molecular flexibility index (Phi) is 4.25. The highest BCUT2D eigenvalue weighted by atomic mass is 19.1. The Morgan fingerprint density at radius 1 is 1.36 bits per heavy atom. The molecule has 1 aromatic carbocycles. The second kappa shape index (κ2) is 6.42. The lowest BCUT2D eigenvalue weighted by atomic mass is 9.82. The minimum Gasteiger partial charge on any atom is -0.378 e. The van der Waals surface area contributed by atoms with E-state index in [2.05, 4.69) is 4.98 Å². The summed E-state index contributed by atoms with van der Waals surface area (Å²) in [4.78, 5) is 17.7. The zero-order valence-corrected chi connectivity index (χ0v) is 14.4. The molecule has 5 nitrogen and oxygen atoms in total. The molecule has 0 bridgehead atoms. The lowest BCUT2D eigenvalue weighted by molar-refractivity contribution is -0.183. The third-order valence-electron chi connectivity index (χ3n) is 5.58. The molecule has 1 amide bonds. The number of ether oxygens (including phenoxy) is 2. The standard InChI is InChI=1S/C19H23FN2O3/c1-24-17-3-2-10-25-19(17)6-8-22(9-7-19)18(23)16-12-13-11-14(20)4-5-15(13)21-16/h4-5,11-12,17,21H,2-3,6-10H2,1H3. The molecule has 0 aliphatic carbocycles. The highest BCUT2D eigenvalue weighted by molar-refractivity contribution is 5.98. The summed E-state index contributed by atoms with van der Waals surface area (Å²) < 4.78 is 25.1. The molecule has 134 valence electrons. The number of carbonyl (C=O) groups excluding carboxylic acids is 1. The average molecular weight is 346 g/mol. The zero-order chi connectivity index (χ0) is 17.4. The number of aromatic nitrogens is 1. The fourth-order valence-corrected chi connectivity index (χ4v) is 4.18. The molecular weight excluding hydrogens is 323 g/mol. The normalized spacial score (nSPS) is 23.3. The summed E-state index contributed by atoms with van der Waals surface area (Å²) in [5.74, 6) is -0.346. The Labute approximate surface area is 146 Å². The number of hydrogen-bond donors (Lipinski definition) is 1. The van der Waals surface area contributed by atoms with Crippen LogP contribution in [-0.2, 0) is 9.47 Å². The predicted molar refractivity (Wildman–Crippen MR) is 92.1 cm³/mol. The number of likely N-dealkylation sites (tertiary alicyclic amines) is 1. The molecule has 1 N–H and O–H groups in total. The summed E-state index contributed by atoms with van der Waals surface area (Å²) in [6.45, 7) is 2.05. The molecule has 2 aliphatic heterocycles. The lowest BCUT2D eigenvalue weighted by Crippen LogP contribution is -2.56. The molecule has 4 rings (SSSR count). The first-order chi connectivity index (χ1) is 12.1. The van der Waals surface area contributed by atoms with E-state index < -0.39 is 0 Å². The van der Waals surface area contributed by atoms with Crippen LogP contribution in [0.15, 0.2) is 24.3 Å². The SMILES string of the molecule is COC1CCCOC12CCN(C(=O)c1cc3cc(F)ccc3[nH]1)CC2. The number of hydrogen-bond acceptors (Lipinski definition) is 3. The number of H-pyrrole nitrogens is 1. The van der Waals surface area contributed by atoms with Gasteiger partial charge in [-0.3, -0.25) is 4.79 Å². The van der Waals surface area contributed by atoms with Crippen LogP contribution in [0, 0.1) is 5.82 Å². The average Bonchev–Trinajstić information content (AvgIpc) is 3.05. The van der Waals surface area contributed by atoms with Crippen molar-refractivity contribution in [3.8, 4) is 0 Å². The van der Waals surface area contributed by atoms with Crippen molar-refractivity contribution in [3.63, 3.8) is 0 Å². The highest BCUT2D eigenvalue weighted by Crippen LogP contribution is 2.37. The van der Waals surface area contributed by atoms with Crippen molar-refractivity contribution in [1.82, 2.24) is 9.88 Å². The number of amides is 1. The van der Waals surface area contributed by atoms with Crippen LogP contribution in [0.5, 0.6) is 0 Å². The fraction of sp³-hybridized carbons (Fsp3) is 0.526. The number of piperidine rings is 1. The number of benzene rings is 1. The largest absolute Gasteiger partial charge is 0.378 e. The summed E-state index contributed by atoms with van der Waals surface area (Å²) in [6, 6.07) is 6.21. The number of halogens is 1. The number of methoxy groups -OCH3 is 1. The second-order valence-corrected chi connectivity index (χ2v) is 6.99. The molecule has 2 aromatic rings. The molecule has 0 radical (unpaired) electrons. The maximum atomic E-state index is 13.3. The first-order valence-electron chi connectivity index (χ1n) is 8.86. The van der Waals surface area contributed by atoms with Gasteiger partial charge in [-0.2, -0.15) is 0 Å². The van der Waals surface area contributed by atoms with E-state index in [1.165, 1.54) is 12.1 Å². The third-order valence-corrected chi connectivity index (χ3v) is 5.58. The van der Waals surface area contributed by atoms with Gasteiger partial charge in [-0.1, -0.05) is 0 Å². The van der Waals surface area contributed by atoms with E-state index in [1.54, 1.807) is 19.2 Å². The third kappa shape index (κ3) is 2.93. The van der Waals surface area contributed by atoms with Gasteiger partial charge >= 0.3 is 0 Å². The van der Waals surface area contributed by atoms with Crippen LogP contribution in [0.4, 0.5) is 4.39 Å². The molecule has 6 heteroatoms. The molecule has 2 aliphatic rings. The van der Waals surface area contributed by atoms with Crippen molar-refractivity contribution in [2.45, 2.75) is 37.4 Å². The van der Waals surface area contributed by atoms with E-state index in [1.807, 2.05) is 4.90 Å². The molecule has 1 unspecified atom stereocenters. The van der Waals surface area contributed by atoms with Crippen LogP contribution in [0.1, 0.15) is 36.2 Å². The van der Waals surface area contributed by atoms with Gasteiger partial charge in [0, 0.05) is 37.7 Å². The molecule has 25 heavy (non-hydrogen) atoms. The monoisotopic (exact) mass is 346 g/mol. The molecule has 3 heterocycles. The van der Waals surface area contributed by atoms with Crippen LogP contribution in [0.25, 0.3) is 10.9 Å². The highest BCUT2D eigenvalue weighted by Gasteiger charge is 2.45. The van der Waals surface area contributed by atoms with Crippen molar-refractivity contribution in [3.05, 3.63) is 35.8 Å². The van der Waals surface area contributed by atoms with Crippen molar-refractivity contribution in [2.75, 3.05) is 26.8 Å². The van der Waals surface area contributed by atoms with Crippen molar-refractivity contribution in [1.29, 1.82) is 0 Å². The predicted octanol–water partition coefficient (Wildman–Crippen LogP) is 3.11. The molecule has 1 atom stereocenters. The summed E-state index contributed by atoms with van der Waals surface area (Å²) in [5.41, 5.74) is 1.02. The quantitative estimate of drug-likeness (QED) is 0.909. The molecular formula is C19H23FN2O3. The maximum absolute atomic E-state index is 13.3. The van der Waals surface area contributed by atoms with Crippen molar-refractivity contribution < 1.29 is 18.7 Å². The summed E-state index contributed by atoms with van der Waals surface area (Å²) in [5, 5.41) is 0.715. The first kappa shape index (κ1) is 16.5. The van der Waals surface area contributed by atoms with Crippen LogP contribution in [0.2, 0.25) is 0 Å². The van der Waals surface area contributed by atoms with Crippen molar-refractivity contribution in [2.24, 2.45) is 0 Å². The van der Waals surface area contributed by atoms with Gasteiger partial charge in [-0.05, 0) is 49.9 Å². The van der Waals surface area contributed by atoms with E-state index in [-0.39, 0.29) is 23.4 Å². The Hall–Kier alpha value is -1.92. The minimum absolute atomic E-state index is 0.0452. The maximum Gasteiger partial charge on any atom is 0.270 e. The molecule has 2 saturated heterocycles. The van der Waals surface area contributed by atoms with Crippen LogP contribution in [-0.4, -0.2) is 54.3 Å². The number of fused-ring (bicyclic) bond motifs is 1. The van der Waals surface area contributed by atoms with Crippen LogP contribution >= 0.6 is 0 Å². The molecule has 2 fully saturated rings.